The fourth-order valence-electron chi connectivity index (χ4n) is 1.67. The summed E-state index contributed by atoms with van der Waals surface area (Å²) in [6, 6.07) is 0. The van der Waals surface area contributed by atoms with Crippen LogP contribution in [0.25, 0.3) is 0 Å². The van der Waals surface area contributed by atoms with Crippen LogP contribution in [-0.2, 0) is 4.57 Å². The predicted octanol–water partition coefficient (Wildman–Crippen LogP) is 6.96. The van der Waals surface area contributed by atoms with Crippen molar-refractivity contribution < 1.29 is 102 Å². The van der Waals surface area contributed by atoms with Gasteiger partial charge in [-0.1, -0.05) is 0 Å². The molecule has 0 saturated heterocycles. The first-order valence-electron chi connectivity index (χ1n) is 6.82. The molecule has 0 aliphatic carbocycles. The summed E-state index contributed by atoms with van der Waals surface area (Å²) in [6.45, 7) is 0. The van der Waals surface area contributed by atoms with Crippen LogP contribution in [0.2, 0.25) is 0 Å². The molecule has 0 bridgehead atoms. The fourth-order valence-corrected chi connectivity index (χ4v) is 2.05. The van der Waals surface area contributed by atoms with E-state index in [4.69, 9.17) is 4.89 Å². The van der Waals surface area contributed by atoms with Crippen LogP contribution in [0.1, 0.15) is 0 Å². The maximum atomic E-state index is 13.3. The molecule has 0 aromatic carbocycles. The van der Waals surface area contributed by atoms with E-state index in [0.29, 0.717) is 0 Å². The van der Waals surface area contributed by atoms with Crippen LogP contribution in [0, 0.1) is 0 Å². The van der Waals surface area contributed by atoms with Crippen LogP contribution >= 0.6 is 8.03 Å². The lowest BCUT2D eigenvalue weighted by Crippen LogP contribution is -2.76. The summed E-state index contributed by atoms with van der Waals surface area (Å²) in [7, 11) is -6.15. The molecule has 0 spiro atoms. The molecule has 1 atom stereocenters. The van der Waals surface area contributed by atoms with Crippen LogP contribution < -0.4 is 0 Å². The van der Waals surface area contributed by atoms with Crippen LogP contribution in [0.15, 0.2) is 0 Å². The van der Waals surface area contributed by atoms with Gasteiger partial charge in [0.1, 0.15) is 0 Å². The minimum absolute atomic E-state index is 6.15. The number of hydrogen-bond acceptors (Lipinski definition) is 1. The highest BCUT2D eigenvalue weighted by Crippen LogP contribution is 2.67. The average Bonchev–Trinajstić information content (AvgIpc) is 2.58. The van der Waals surface area contributed by atoms with E-state index in [-0.39, 0.29) is 0 Å². The standard InChI is InChI=1S/C10F21O2P/c11-1(12,3(15,16)5(19,20)7(23,24)9(27,28)29)2(13,14)4(17,18)6(21,22)8(25,26)10(30,31)34(32)33/p+1. The van der Waals surface area contributed by atoms with E-state index in [9.17, 15) is 96.8 Å². The second-order valence-corrected chi connectivity index (χ2v) is 7.01. The van der Waals surface area contributed by atoms with E-state index in [1.54, 1.807) is 0 Å². The second kappa shape index (κ2) is 7.79. The molecular formula is C10HF21O2P+. The molecule has 0 aliphatic rings. The molecule has 0 aromatic heterocycles. The molecule has 34 heavy (non-hydrogen) atoms. The zero-order chi connectivity index (χ0) is 28.6. The van der Waals surface area contributed by atoms with Gasteiger partial charge in [-0.3, -0.25) is 0 Å². The molecular weight excluding hydrogens is 582 g/mol. The smallest absolute Gasteiger partial charge is 0.192 e. The van der Waals surface area contributed by atoms with Crippen LogP contribution in [0.4, 0.5) is 92.2 Å². The van der Waals surface area contributed by atoms with Gasteiger partial charge in [-0.05, 0) is 4.57 Å². The number of halogens is 21. The van der Waals surface area contributed by atoms with Crippen molar-refractivity contribution in [2.24, 2.45) is 0 Å². The maximum Gasteiger partial charge on any atom is 0.591 e. The van der Waals surface area contributed by atoms with Crippen molar-refractivity contribution in [3.05, 3.63) is 0 Å². The van der Waals surface area contributed by atoms with E-state index in [1.165, 1.54) is 0 Å². The number of alkyl halides is 21. The van der Waals surface area contributed by atoms with E-state index in [0.717, 1.165) is 0 Å². The monoisotopic (exact) mass is 583 g/mol. The lowest BCUT2D eigenvalue weighted by Gasteiger charge is -2.43. The Morgan fingerprint density at radius 2 is 0.529 bits per heavy atom. The summed E-state index contributed by atoms with van der Waals surface area (Å²) in [5.74, 6) is -71.5. The molecule has 2 nitrogen and oxygen atoms in total. The van der Waals surface area contributed by atoms with Gasteiger partial charge in [0.2, 0.25) is 0 Å². The molecule has 0 amide bonds. The van der Waals surface area contributed by atoms with Crippen molar-refractivity contribution in [3.8, 4) is 0 Å². The third kappa shape index (κ3) is 3.66. The Balaban J connectivity index is 7.11. The first-order chi connectivity index (χ1) is 14.2. The van der Waals surface area contributed by atoms with Gasteiger partial charge in [-0.2, -0.15) is 88.3 Å². The topological polar surface area (TPSA) is 37.3 Å². The van der Waals surface area contributed by atoms with E-state index in [2.05, 4.69) is 0 Å². The summed E-state index contributed by atoms with van der Waals surface area (Å²) in [5, 5.41) is 0. The van der Waals surface area contributed by atoms with Crippen molar-refractivity contribution in [1.29, 1.82) is 0 Å². The van der Waals surface area contributed by atoms with Gasteiger partial charge in [0.25, 0.3) is 0 Å². The van der Waals surface area contributed by atoms with Crippen molar-refractivity contribution in [1.82, 2.24) is 0 Å². The molecule has 0 fully saturated rings. The summed E-state index contributed by atoms with van der Waals surface area (Å²) in [6.07, 6.45) is -8.04. The van der Waals surface area contributed by atoms with Gasteiger partial charge in [0.15, 0.2) is 0 Å². The zero-order valence-electron chi connectivity index (χ0n) is 14.2. The molecule has 0 radical (unpaired) electrons. The molecule has 0 heterocycles. The summed E-state index contributed by atoms with van der Waals surface area (Å²) < 4.78 is 280. The SMILES string of the molecule is O=[P+](O)C(F)(F)C(F)(F)C(F)(F)C(F)(F)C(F)(F)C(F)(F)C(F)(F)C(F)(F)C(F)(F)C(F)(F)F. The van der Waals surface area contributed by atoms with Crippen LogP contribution in [0.3, 0.4) is 0 Å². The Hall–Kier alpha value is -1.41. The quantitative estimate of drug-likeness (QED) is 0.236. The lowest BCUT2D eigenvalue weighted by atomic mass is 9.87. The second-order valence-electron chi connectivity index (χ2n) is 5.91. The molecule has 1 unspecified atom stereocenters. The van der Waals surface area contributed by atoms with Crippen molar-refractivity contribution in [3.63, 3.8) is 0 Å². The minimum atomic E-state index is -9.27. The highest BCUT2D eigenvalue weighted by atomic mass is 31.1. The van der Waals surface area contributed by atoms with E-state index >= 15 is 0 Å². The lowest BCUT2D eigenvalue weighted by molar-refractivity contribution is -0.472. The Morgan fingerprint density at radius 3 is 0.706 bits per heavy atom. The van der Waals surface area contributed by atoms with Crippen LogP contribution in [-0.4, -0.2) is 64.1 Å². The third-order valence-electron chi connectivity index (χ3n) is 3.73. The minimum Gasteiger partial charge on any atom is -0.192 e. The fraction of sp³-hybridized carbons (Fsp3) is 1.00. The van der Waals surface area contributed by atoms with Crippen LogP contribution in [0.5, 0.6) is 0 Å². The maximum absolute atomic E-state index is 13.3. The first kappa shape index (κ1) is 32.6. The van der Waals surface area contributed by atoms with Gasteiger partial charge in [-0.15, -0.1) is 8.78 Å². The first-order valence-corrected chi connectivity index (χ1v) is 8.04. The molecule has 0 saturated carbocycles. The Bertz CT molecular complexity index is 794. The van der Waals surface area contributed by atoms with E-state index in [1.807, 2.05) is 0 Å². The van der Waals surface area contributed by atoms with Gasteiger partial charge in [-0.25, -0.2) is 0 Å². The Morgan fingerprint density at radius 1 is 0.353 bits per heavy atom. The highest BCUT2D eigenvalue weighted by molar-refractivity contribution is 7.39. The number of rotatable bonds is 9. The molecule has 0 aromatic rings. The van der Waals surface area contributed by atoms with Gasteiger partial charge in [0.05, 0.1) is 0 Å². The molecule has 0 rings (SSSR count). The Labute approximate surface area is 170 Å². The van der Waals surface area contributed by atoms with Crippen molar-refractivity contribution in [2.75, 3.05) is 0 Å². The summed E-state index contributed by atoms with van der Waals surface area (Å²) in [4.78, 5) is 7.77. The average molecular weight is 583 g/mol. The number of hydrogen-bond donors (Lipinski definition) is 1. The van der Waals surface area contributed by atoms with E-state index < -0.39 is 67.2 Å². The summed E-state index contributed by atoms with van der Waals surface area (Å²) in [5.41, 5.74) is -7.46. The molecule has 0 aliphatic heterocycles. The summed E-state index contributed by atoms with van der Waals surface area (Å²) >= 11 is 0. The largest absolute Gasteiger partial charge is 0.591 e. The normalized spacial score (nSPS) is 17.2. The molecule has 24 heteroatoms. The van der Waals surface area contributed by atoms with Crippen molar-refractivity contribution in [2.45, 2.75) is 59.2 Å². The van der Waals surface area contributed by atoms with Gasteiger partial charge >= 0.3 is 67.2 Å². The van der Waals surface area contributed by atoms with Crippen molar-refractivity contribution >= 4 is 8.03 Å². The molecule has 1 N–H and O–H groups in total. The Kier molecular flexibility index (Phi) is 7.47. The predicted molar refractivity (Wildman–Crippen MR) is 60.4 cm³/mol. The van der Waals surface area contributed by atoms with Gasteiger partial charge < -0.3 is 0 Å². The molecule has 204 valence electrons. The highest BCUT2D eigenvalue weighted by Gasteiger charge is 2.99. The zero-order valence-corrected chi connectivity index (χ0v) is 15.1. The van der Waals surface area contributed by atoms with Gasteiger partial charge in [0, 0.05) is 0 Å². The third-order valence-corrected chi connectivity index (χ3v) is 4.50.